The quantitative estimate of drug-likeness (QED) is 0.448. The summed E-state index contributed by atoms with van der Waals surface area (Å²) in [6.45, 7) is 0.0789. The first-order valence-electron chi connectivity index (χ1n) is 5.75. The van der Waals surface area contributed by atoms with E-state index < -0.39 is 4.92 Å². The smallest absolute Gasteiger partial charge is 0.311 e. The molecule has 0 radical (unpaired) electrons. The maximum absolute atomic E-state index is 10.7. The van der Waals surface area contributed by atoms with Gasteiger partial charge in [0.25, 0.3) is 0 Å². The molecule has 0 aromatic heterocycles. The third-order valence-corrected chi connectivity index (χ3v) is 2.88. The van der Waals surface area contributed by atoms with Gasteiger partial charge in [-0.2, -0.15) is 0 Å². The molecule has 0 aliphatic heterocycles. The number of para-hydroxylation sites is 2. The number of hydrogen-bond acceptors (Lipinski definition) is 4. The molecule has 17 heavy (non-hydrogen) atoms. The molecule has 92 valence electrons. The molecule has 1 saturated carbocycles. The van der Waals surface area contributed by atoms with Gasteiger partial charge in [-0.15, -0.1) is 0 Å². The molecule has 0 atom stereocenters. The van der Waals surface area contributed by atoms with Crippen LogP contribution in [0.15, 0.2) is 24.3 Å². The Kier molecular flexibility index (Phi) is 3.93. The van der Waals surface area contributed by atoms with Gasteiger partial charge >= 0.3 is 5.69 Å². The number of hydrogen-bond donors (Lipinski definition) is 0. The van der Waals surface area contributed by atoms with Gasteiger partial charge in [0.1, 0.15) is 0 Å². The second kappa shape index (κ2) is 5.63. The van der Waals surface area contributed by atoms with Crippen LogP contribution < -0.4 is 4.74 Å². The molecule has 0 heterocycles. The zero-order valence-electron chi connectivity index (χ0n) is 9.50. The summed E-state index contributed by atoms with van der Waals surface area (Å²) in [4.78, 5) is 10.3. The zero-order valence-corrected chi connectivity index (χ0v) is 9.50. The van der Waals surface area contributed by atoms with Crippen molar-refractivity contribution in [1.82, 2.24) is 0 Å². The second-order valence-electron chi connectivity index (χ2n) is 4.06. The fourth-order valence-electron chi connectivity index (χ4n) is 1.98. The van der Waals surface area contributed by atoms with Gasteiger partial charge < -0.3 is 9.47 Å². The minimum absolute atomic E-state index is 0.0254. The van der Waals surface area contributed by atoms with Crippen molar-refractivity contribution in [3.05, 3.63) is 34.4 Å². The average Bonchev–Trinajstić information content (AvgIpc) is 2.82. The standard InChI is InChI=1S/C12H15NO4/c14-13(15)11-7-3-4-8-12(11)17-9-16-10-5-1-2-6-10/h3-4,7-8,10H,1-2,5-6,9H2. The van der Waals surface area contributed by atoms with Crippen LogP contribution in [0, 0.1) is 10.1 Å². The van der Waals surface area contributed by atoms with E-state index in [0.717, 1.165) is 12.8 Å². The van der Waals surface area contributed by atoms with Crippen LogP contribution in [0.5, 0.6) is 5.75 Å². The summed E-state index contributed by atoms with van der Waals surface area (Å²) in [6, 6.07) is 6.32. The van der Waals surface area contributed by atoms with Crippen molar-refractivity contribution in [2.75, 3.05) is 6.79 Å². The first-order valence-corrected chi connectivity index (χ1v) is 5.75. The van der Waals surface area contributed by atoms with Crippen LogP contribution in [0.1, 0.15) is 25.7 Å². The van der Waals surface area contributed by atoms with Crippen LogP contribution >= 0.6 is 0 Å². The Balaban J connectivity index is 1.87. The Bertz CT molecular complexity index is 388. The molecule has 1 aromatic carbocycles. The topological polar surface area (TPSA) is 61.6 Å². The van der Waals surface area contributed by atoms with Crippen molar-refractivity contribution in [2.24, 2.45) is 0 Å². The molecule has 1 aliphatic carbocycles. The molecule has 0 spiro atoms. The summed E-state index contributed by atoms with van der Waals surface area (Å²) in [5.41, 5.74) is -0.0254. The fraction of sp³-hybridized carbons (Fsp3) is 0.500. The lowest BCUT2D eigenvalue weighted by molar-refractivity contribution is -0.386. The van der Waals surface area contributed by atoms with Gasteiger partial charge in [0.15, 0.2) is 12.5 Å². The molecule has 0 bridgehead atoms. The first-order chi connectivity index (χ1) is 8.27. The van der Waals surface area contributed by atoms with Crippen LogP contribution in [0.4, 0.5) is 5.69 Å². The molecule has 2 rings (SSSR count). The Morgan fingerprint density at radius 1 is 1.29 bits per heavy atom. The van der Waals surface area contributed by atoms with E-state index in [1.807, 2.05) is 0 Å². The number of nitrogens with zero attached hydrogens (tertiary/aromatic N) is 1. The summed E-state index contributed by atoms with van der Waals surface area (Å²) < 4.78 is 10.8. The molecular weight excluding hydrogens is 222 g/mol. The number of nitro benzene ring substituents is 1. The predicted molar refractivity (Wildman–Crippen MR) is 61.9 cm³/mol. The maximum atomic E-state index is 10.7. The molecule has 1 aliphatic rings. The molecule has 5 heteroatoms. The van der Waals surface area contributed by atoms with Gasteiger partial charge in [-0.3, -0.25) is 10.1 Å². The predicted octanol–water partition coefficient (Wildman–Crippen LogP) is 2.89. The number of rotatable bonds is 5. The van der Waals surface area contributed by atoms with Gasteiger partial charge in [0, 0.05) is 6.07 Å². The minimum atomic E-state index is -0.453. The highest BCUT2D eigenvalue weighted by Crippen LogP contribution is 2.26. The van der Waals surface area contributed by atoms with Crippen LogP contribution in [-0.2, 0) is 4.74 Å². The lowest BCUT2D eigenvalue weighted by Gasteiger charge is -2.11. The zero-order chi connectivity index (χ0) is 12.1. The molecule has 0 N–H and O–H groups in total. The Morgan fingerprint density at radius 2 is 2.00 bits per heavy atom. The molecule has 0 saturated heterocycles. The number of ether oxygens (including phenoxy) is 2. The average molecular weight is 237 g/mol. The highest BCUT2D eigenvalue weighted by molar-refractivity contribution is 5.45. The summed E-state index contributed by atoms with van der Waals surface area (Å²) in [5.74, 6) is 0.260. The normalized spacial score (nSPS) is 16.0. The Labute approximate surface area is 99.5 Å². The van der Waals surface area contributed by atoms with Crippen LogP contribution in [0.3, 0.4) is 0 Å². The summed E-state index contributed by atoms with van der Waals surface area (Å²) in [6.07, 6.45) is 4.74. The van der Waals surface area contributed by atoms with E-state index in [4.69, 9.17) is 9.47 Å². The number of nitro groups is 1. The van der Waals surface area contributed by atoms with Crippen molar-refractivity contribution in [3.63, 3.8) is 0 Å². The van der Waals surface area contributed by atoms with Crippen molar-refractivity contribution in [1.29, 1.82) is 0 Å². The molecule has 0 unspecified atom stereocenters. The van der Waals surface area contributed by atoms with E-state index in [-0.39, 0.29) is 24.3 Å². The van der Waals surface area contributed by atoms with Gasteiger partial charge in [-0.05, 0) is 18.9 Å². The second-order valence-corrected chi connectivity index (χ2v) is 4.06. The first kappa shape index (κ1) is 11.9. The van der Waals surface area contributed by atoms with Gasteiger partial charge in [-0.1, -0.05) is 25.0 Å². The SMILES string of the molecule is O=[N+]([O-])c1ccccc1OCOC1CCCC1. The fourth-order valence-corrected chi connectivity index (χ4v) is 1.98. The third-order valence-electron chi connectivity index (χ3n) is 2.88. The molecular formula is C12H15NO4. The van der Waals surface area contributed by atoms with Crippen molar-refractivity contribution < 1.29 is 14.4 Å². The van der Waals surface area contributed by atoms with E-state index >= 15 is 0 Å². The Morgan fingerprint density at radius 3 is 2.71 bits per heavy atom. The summed E-state index contributed by atoms with van der Waals surface area (Å²) in [7, 11) is 0. The van der Waals surface area contributed by atoms with Gasteiger partial charge in [0.05, 0.1) is 11.0 Å². The minimum Gasteiger partial charge on any atom is -0.460 e. The number of benzene rings is 1. The molecule has 0 amide bonds. The van der Waals surface area contributed by atoms with E-state index in [9.17, 15) is 10.1 Å². The van der Waals surface area contributed by atoms with E-state index in [1.54, 1.807) is 18.2 Å². The third kappa shape index (κ3) is 3.17. The largest absolute Gasteiger partial charge is 0.460 e. The highest BCUT2D eigenvalue weighted by atomic mass is 16.7. The lowest BCUT2D eigenvalue weighted by Crippen LogP contribution is -2.12. The van der Waals surface area contributed by atoms with Crippen LogP contribution in [-0.4, -0.2) is 17.8 Å². The lowest BCUT2D eigenvalue weighted by atomic mass is 10.3. The van der Waals surface area contributed by atoms with Crippen LogP contribution in [0.25, 0.3) is 0 Å². The summed E-state index contributed by atoms with van der Waals surface area (Å²) >= 11 is 0. The van der Waals surface area contributed by atoms with Gasteiger partial charge in [-0.25, -0.2) is 0 Å². The highest BCUT2D eigenvalue weighted by Gasteiger charge is 2.17. The molecule has 5 nitrogen and oxygen atoms in total. The van der Waals surface area contributed by atoms with E-state index in [0.29, 0.717) is 0 Å². The van der Waals surface area contributed by atoms with Crippen molar-refractivity contribution in [3.8, 4) is 5.75 Å². The monoisotopic (exact) mass is 237 g/mol. The van der Waals surface area contributed by atoms with E-state index in [1.165, 1.54) is 18.9 Å². The summed E-state index contributed by atoms with van der Waals surface area (Å²) in [5, 5.41) is 10.7. The van der Waals surface area contributed by atoms with E-state index in [2.05, 4.69) is 0 Å². The molecule has 1 fully saturated rings. The van der Waals surface area contributed by atoms with Crippen molar-refractivity contribution in [2.45, 2.75) is 31.8 Å². The maximum Gasteiger partial charge on any atom is 0.311 e. The van der Waals surface area contributed by atoms with Gasteiger partial charge in [0.2, 0.25) is 0 Å². The Hall–Kier alpha value is -1.62. The van der Waals surface area contributed by atoms with Crippen LogP contribution in [0.2, 0.25) is 0 Å². The van der Waals surface area contributed by atoms with Crippen molar-refractivity contribution >= 4 is 5.69 Å². The molecule has 1 aromatic rings.